The van der Waals surface area contributed by atoms with Crippen LogP contribution in [0.3, 0.4) is 0 Å². The average Bonchev–Trinajstić information content (AvgIpc) is 3.17. The first kappa shape index (κ1) is 17.5. The van der Waals surface area contributed by atoms with Crippen molar-refractivity contribution in [3.63, 3.8) is 0 Å². The Kier molecular flexibility index (Phi) is 4.84. The summed E-state index contributed by atoms with van der Waals surface area (Å²) in [7, 11) is 3.21. The number of hydrogen-bond acceptors (Lipinski definition) is 8. The first-order chi connectivity index (χ1) is 16.6. The zero-order valence-corrected chi connectivity index (χ0v) is 17.4. The molecule has 0 spiro atoms. The molecular formula is C20H23N9O3. The first-order valence-electron chi connectivity index (χ1n) is 11.2. The second-order valence-corrected chi connectivity index (χ2v) is 6.97. The van der Waals surface area contributed by atoms with Crippen LogP contribution in [0.15, 0.2) is 30.6 Å². The molecule has 1 fully saturated rings. The summed E-state index contributed by atoms with van der Waals surface area (Å²) in [5, 5.41) is 19.6. The van der Waals surface area contributed by atoms with E-state index in [0.717, 1.165) is 6.42 Å². The highest BCUT2D eigenvalue weighted by Gasteiger charge is 2.22. The van der Waals surface area contributed by atoms with Crippen LogP contribution in [0.5, 0.6) is 5.75 Å². The summed E-state index contributed by atoms with van der Waals surface area (Å²) >= 11 is 0. The molecule has 32 heavy (non-hydrogen) atoms. The summed E-state index contributed by atoms with van der Waals surface area (Å²) in [5.41, 5.74) is 0.824. The molecular weight excluding hydrogens is 414 g/mol. The highest BCUT2D eigenvalue weighted by Crippen LogP contribution is 2.37. The Balaban J connectivity index is 1.71. The van der Waals surface area contributed by atoms with E-state index < -0.39 is 12.9 Å². The van der Waals surface area contributed by atoms with E-state index in [1.54, 1.807) is 41.2 Å². The lowest BCUT2D eigenvalue weighted by molar-refractivity contribution is 0.0958. The van der Waals surface area contributed by atoms with E-state index in [-0.39, 0.29) is 23.2 Å². The van der Waals surface area contributed by atoms with Gasteiger partial charge in [0.05, 0.1) is 24.0 Å². The van der Waals surface area contributed by atoms with Crippen LogP contribution in [0.2, 0.25) is 0 Å². The molecule has 3 aromatic rings. The number of likely N-dealkylation sites (tertiary alicyclic amines) is 1. The molecule has 166 valence electrons. The lowest BCUT2D eigenvalue weighted by Crippen LogP contribution is -2.44. The number of rotatable bonds is 6. The molecule has 0 radical (unpaired) electrons. The number of nitrogens with zero attached hydrogens (tertiary/aromatic N) is 6. The molecule has 1 saturated heterocycles. The molecule has 1 aliphatic rings. The predicted molar refractivity (Wildman–Crippen MR) is 117 cm³/mol. The van der Waals surface area contributed by atoms with Gasteiger partial charge in [-0.1, -0.05) is 6.07 Å². The van der Waals surface area contributed by atoms with Crippen molar-refractivity contribution in [1.29, 1.82) is 0 Å². The molecule has 0 unspecified atom stereocenters. The molecule has 1 aliphatic heterocycles. The number of carbonyl (C=O) groups excluding carboxylic acids is 2. The minimum atomic E-state index is -2.73. The maximum atomic E-state index is 12.7. The van der Waals surface area contributed by atoms with Gasteiger partial charge in [-0.15, -0.1) is 10.2 Å². The molecule has 1 aromatic carbocycles. The Hall–Kier alpha value is -4.22. The highest BCUT2D eigenvalue weighted by atomic mass is 16.5. The number of benzene rings is 1. The van der Waals surface area contributed by atoms with Crippen LogP contribution >= 0.6 is 0 Å². The van der Waals surface area contributed by atoms with Gasteiger partial charge in [-0.3, -0.25) is 14.8 Å². The third-order valence-electron chi connectivity index (χ3n) is 4.83. The maximum Gasteiger partial charge on any atom is 0.323 e. The number of ether oxygens (including phenoxy) is 1. The van der Waals surface area contributed by atoms with Crippen LogP contribution in [0, 0.1) is 0 Å². The second-order valence-electron chi connectivity index (χ2n) is 6.97. The largest absolute Gasteiger partial charge is 0.494 e. The number of urea groups is 1. The normalized spacial score (nSPS) is 14.4. The van der Waals surface area contributed by atoms with Crippen LogP contribution in [-0.4, -0.2) is 69.0 Å². The van der Waals surface area contributed by atoms with Gasteiger partial charge in [0.1, 0.15) is 6.33 Å². The number of para-hydroxylation sites is 1. The van der Waals surface area contributed by atoms with Gasteiger partial charge in [-0.05, 0) is 18.6 Å². The van der Waals surface area contributed by atoms with Crippen molar-refractivity contribution in [2.45, 2.75) is 6.42 Å². The van der Waals surface area contributed by atoms with Gasteiger partial charge >= 0.3 is 6.03 Å². The standard InChI is InChI=1S/C20H23N9O3/c1-21-19(30)16-14(10-15(25-26-16)24-20(31)29-8-5-9-29)23-13-7-4-6-12(17(13)32-3)18-22-11-28(2)27-18/h4,6-7,10-11H,5,8-9H2,1-3H3,(H,21,30)(H2,23,24,25,31)/i1D3. The van der Waals surface area contributed by atoms with Crippen LogP contribution in [0.4, 0.5) is 22.0 Å². The highest BCUT2D eigenvalue weighted by molar-refractivity contribution is 5.99. The minimum Gasteiger partial charge on any atom is -0.494 e. The van der Waals surface area contributed by atoms with Crippen molar-refractivity contribution in [1.82, 2.24) is 35.2 Å². The number of hydrogen-bond donors (Lipinski definition) is 3. The minimum absolute atomic E-state index is 0.0800. The molecule has 0 atom stereocenters. The van der Waals surface area contributed by atoms with Crippen LogP contribution < -0.4 is 20.7 Å². The Labute approximate surface area is 188 Å². The zero-order valence-electron chi connectivity index (χ0n) is 20.4. The summed E-state index contributed by atoms with van der Waals surface area (Å²) in [6.45, 7) is -1.47. The van der Waals surface area contributed by atoms with Gasteiger partial charge in [0.25, 0.3) is 5.91 Å². The Morgan fingerprint density at radius 2 is 2.06 bits per heavy atom. The van der Waals surface area contributed by atoms with Crippen molar-refractivity contribution in [3.8, 4) is 17.1 Å². The fourth-order valence-corrected chi connectivity index (χ4v) is 3.12. The molecule has 0 bridgehead atoms. The number of aryl methyl sites for hydroxylation is 1. The predicted octanol–water partition coefficient (Wildman–Crippen LogP) is 1.62. The summed E-state index contributed by atoms with van der Waals surface area (Å²) in [4.78, 5) is 30.8. The summed E-state index contributed by atoms with van der Waals surface area (Å²) in [6, 6.07) is 6.24. The molecule has 4 rings (SSSR count). The zero-order chi connectivity index (χ0) is 25.2. The van der Waals surface area contributed by atoms with Crippen LogP contribution in [0.1, 0.15) is 21.0 Å². The van der Waals surface area contributed by atoms with E-state index in [1.807, 2.05) is 5.32 Å². The summed E-state index contributed by atoms with van der Waals surface area (Å²) < 4.78 is 29.1. The molecule has 3 amide bonds. The van der Waals surface area contributed by atoms with E-state index in [0.29, 0.717) is 35.9 Å². The van der Waals surface area contributed by atoms with E-state index in [9.17, 15) is 9.59 Å². The van der Waals surface area contributed by atoms with Crippen molar-refractivity contribution in [2.24, 2.45) is 7.05 Å². The topological polar surface area (TPSA) is 139 Å². The molecule has 12 heteroatoms. The third-order valence-corrected chi connectivity index (χ3v) is 4.83. The maximum absolute atomic E-state index is 12.7. The third kappa shape index (κ3) is 4.15. The average molecular weight is 440 g/mol. The lowest BCUT2D eigenvalue weighted by atomic mass is 10.1. The Bertz CT molecular complexity index is 1260. The van der Waals surface area contributed by atoms with E-state index >= 15 is 0 Å². The lowest BCUT2D eigenvalue weighted by Gasteiger charge is -2.30. The number of methoxy groups -OCH3 is 1. The summed E-state index contributed by atoms with van der Waals surface area (Å²) in [6.07, 6.45) is 2.47. The number of carbonyl (C=O) groups is 2. The van der Waals surface area contributed by atoms with Gasteiger partial charge in [0.15, 0.2) is 23.1 Å². The van der Waals surface area contributed by atoms with E-state index in [2.05, 4.69) is 30.9 Å². The fraction of sp³-hybridized carbons (Fsp3) is 0.300. The van der Waals surface area contributed by atoms with Gasteiger partial charge in [0, 0.05) is 37.3 Å². The van der Waals surface area contributed by atoms with Crippen molar-refractivity contribution >= 4 is 29.1 Å². The Morgan fingerprint density at radius 3 is 2.72 bits per heavy atom. The van der Waals surface area contributed by atoms with Crippen molar-refractivity contribution in [2.75, 3.05) is 37.8 Å². The van der Waals surface area contributed by atoms with Gasteiger partial charge in [-0.2, -0.15) is 5.10 Å². The van der Waals surface area contributed by atoms with Crippen LogP contribution in [-0.2, 0) is 7.05 Å². The molecule has 0 aliphatic carbocycles. The molecule has 2 aromatic heterocycles. The number of nitrogens with one attached hydrogen (secondary N) is 3. The van der Waals surface area contributed by atoms with Crippen molar-refractivity contribution < 1.29 is 18.4 Å². The summed E-state index contributed by atoms with van der Waals surface area (Å²) in [5.74, 6) is -0.0916. The smallest absolute Gasteiger partial charge is 0.323 e. The number of aromatic nitrogens is 5. The van der Waals surface area contributed by atoms with Gasteiger partial charge < -0.3 is 20.3 Å². The molecule has 0 saturated carbocycles. The quantitative estimate of drug-likeness (QED) is 0.525. The SMILES string of the molecule is [2H]C([2H])([2H])NC(=O)c1nnc(NC(=O)N2CCC2)cc1Nc1cccc(-c2ncn(C)n2)c1OC. The van der Waals surface area contributed by atoms with Gasteiger partial charge in [-0.25, -0.2) is 9.78 Å². The molecule has 3 N–H and O–H groups in total. The fourth-order valence-electron chi connectivity index (χ4n) is 3.12. The number of amides is 3. The molecule has 12 nitrogen and oxygen atoms in total. The number of anilines is 3. The molecule has 3 heterocycles. The van der Waals surface area contributed by atoms with E-state index in [1.165, 1.54) is 13.2 Å². The van der Waals surface area contributed by atoms with Crippen molar-refractivity contribution in [3.05, 3.63) is 36.3 Å². The first-order valence-corrected chi connectivity index (χ1v) is 9.71. The monoisotopic (exact) mass is 440 g/mol. The van der Waals surface area contributed by atoms with Gasteiger partial charge in [0.2, 0.25) is 0 Å². The second kappa shape index (κ2) is 8.88. The van der Waals surface area contributed by atoms with E-state index in [4.69, 9.17) is 8.85 Å². The van der Waals surface area contributed by atoms with Crippen LogP contribution in [0.25, 0.3) is 11.4 Å². The Morgan fingerprint density at radius 1 is 1.22 bits per heavy atom.